The lowest BCUT2D eigenvalue weighted by molar-refractivity contribution is -0.163. The molecule has 0 saturated carbocycles. The van der Waals surface area contributed by atoms with Gasteiger partial charge in [-0.1, -0.05) is 30.3 Å². The smallest absolute Gasteiger partial charge is 0.382 e. The number of hydrogen-bond donors (Lipinski definition) is 4. The van der Waals surface area contributed by atoms with Crippen LogP contribution < -0.4 is 21.3 Å². The first-order chi connectivity index (χ1) is 32.5. The Morgan fingerprint density at radius 2 is 1.72 bits per heavy atom. The molecule has 1 aliphatic carbocycles. The highest BCUT2D eigenvalue weighted by Gasteiger charge is 2.45. The maximum Gasteiger partial charge on any atom is 0.406 e. The topological polar surface area (TPSA) is 221 Å². The van der Waals surface area contributed by atoms with Gasteiger partial charge in [0.25, 0.3) is 11.8 Å². The number of alkyl halides is 4. The highest BCUT2D eigenvalue weighted by atomic mass is 19.4. The molecule has 3 aliphatic rings. The number of halogens is 5. The van der Waals surface area contributed by atoms with Crippen LogP contribution in [0.4, 0.5) is 27.6 Å². The van der Waals surface area contributed by atoms with Gasteiger partial charge in [-0.3, -0.25) is 53.3 Å². The Kier molecular flexibility index (Phi) is 16.3. The first kappa shape index (κ1) is 49.9. The average Bonchev–Trinajstić information content (AvgIpc) is 3.96. The summed E-state index contributed by atoms with van der Waals surface area (Å²) in [6, 6.07) is 13.6. The van der Waals surface area contributed by atoms with Gasteiger partial charge in [-0.05, 0) is 59.0 Å². The van der Waals surface area contributed by atoms with Crippen molar-refractivity contribution in [2.75, 3.05) is 51.8 Å². The summed E-state index contributed by atoms with van der Waals surface area (Å²) in [5.74, 6) is -3.92. The van der Waals surface area contributed by atoms with Crippen LogP contribution in [0.3, 0.4) is 0 Å². The molecule has 0 radical (unpaired) electrons. The number of fused-ring (bicyclic) bond motifs is 2. The van der Waals surface area contributed by atoms with E-state index in [2.05, 4.69) is 26.4 Å². The van der Waals surface area contributed by atoms with E-state index in [9.17, 15) is 60.3 Å². The van der Waals surface area contributed by atoms with Gasteiger partial charge in [-0.25, -0.2) is 8.78 Å². The molecule has 68 heavy (non-hydrogen) atoms. The largest absolute Gasteiger partial charge is 0.406 e. The summed E-state index contributed by atoms with van der Waals surface area (Å²) >= 11 is 0. The number of carbonyl (C=O) groups is 8. The van der Waals surface area contributed by atoms with Gasteiger partial charge in [0.05, 0.1) is 43.1 Å². The Labute approximate surface area is 385 Å². The van der Waals surface area contributed by atoms with Crippen LogP contribution in [-0.2, 0) is 46.6 Å². The third kappa shape index (κ3) is 12.7. The van der Waals surface area contributed by atoms with E-state index in [1.807, 2.05) is 6.07 Å². The van der Waals surface area contributed by atoms with E-state index < -0.39 is 66.8 Å². The van der Waals surface area contributed by atoms with Crippen molar-refractivity contribution in [1.29, 1.82) is 0 Å². The van der Waals surface area contributed by atoms with Gasteiger partial charge in [-0.2, -0.15) is 18.3 Å². The van der Waals surface area contributed by atoms with E-state index in [1.54, 1.807) is 36.7 Å². The lowest BCUT2D eigenvalue weighted by atomic mass is 10.0. The number of carbonyl (C=O) groups excluding carboxylic acids is 8. The Balaban J connectivity index is 0.000000305. The summed E-state index contributed by atoms with van der Waals surface area (Å²) in [5, 5.41) is 14.9. The van der Waals surface area contributed by atoms with E-state index in [4.69, 9.17) is 4.74 Å². The van der Waals surface area contributed by atoms with Crippen molar-refractivity contribution >= 4 is 54.0 Å². The summed E-state index contributed by atoms with van der Waals surface area (Å²) in [5.41, 5.74) is 3.92. The van der Waals surface area contributed by atoms with Crippen LogP contribution in [-0.4, -0.2) is 131 Å². The second-order valence-corrected chi connectivity index (χ2v) is 15.9. The number of imide groups is 2. The van der Waals surface area contributed by atoms with Gasteiger partial charge in [0.2, 0.25) is 36.4 Å². The molecule has 0 spiro atoms. The quantitative estimate of drug-likeness (QED) is 0.0463. The minimum atomic E-state index is -4.56. The fourth-order valence-electron chi connectivity index (χ4n) is 7.74. The fourth-order valence-corrected chi connectivity index (χ4v) is 7.74. The van der Waals surface area contributed by atoms with E-state index in [1.165, 1.54) is 29.9 Å². The molecule has 2 aliphatic heterocycles. The molecule has 4 N–H and O–H groups in total. The molecule has 360 valence electrons. The predicted molar refractivity (Wildman–Crippen MR) is 230 cm³/mol. The van der Waals surface area contributed by atoms with Crippen LogP contribution in [0.1, 0.15) is 68.9 Å². The fraction of sp³-hybridized carbons (Fsp3) is 0.356. The minimum Gasteiger partial charge on any atom is -0.382 e. The zero-order valence-electron chi connectivity index (χ0n) is 36.4. The Bertz CT molecular complexity index is 2540. The van der Waals surface area contributed by atoms with Crippen LogP contribution in [0, 0.1) is 5.82 Å². The van der Waals surface area contributed by atoms with Crippen molar-refractivity contribution in [3.05, 3.63) is 107 Å². The highest BCUT2D eigenvalue weighted by Crippen LogP contribution is 2.42. The lowest BCUT2D eigenvalue weighted by Crippen LogP contribution is -2.54. The molecule has 3 heterocycles. The van der Waals surface area contributed by atoms with Crippen molar-refractivity contribution in [2.45, 2.75) is 56.8 Å². The number of nitrogens with one attached hydrogen (secondary N) is 4. The zero-order valence-corrected chi connectivity index (χ0v) is 36.4. The predicted octanol–water partition coefficient (Wildman–Crippen LogP) is 3.20. The molecule has 0 bridgehead atoms. The number of piperidine rings is 1. The summed E-state index contributed by atoms with van der Waals surface area (Å²) < 4.78 is 71.9. The highest BCUT2D eigenvalue weighted by molar-refractivity contribution is 6.25. The Morgan fingerprint density at radius 3 is 2.43 bits per heavy atom. The van der Waals surface area contributed by atoms with Crippen molar-refractivity contribution in [3.63, 3.8) is 0 Å². The molecular formula is C45H46F5N9O9. The summed E-state index contributed by atoms with van der Waals surface area (Å²) in [4.78, 5) is 97.9. The molecule has 23 heteroatoms. The lowest BCUT2D eigenvalue weighted by Gasteiger charge is -2.27. The Hall–Kier alpha value is -7.56. The van der Waals surface area contributed by atoms with Crippen LogP contribution in [0.2, 0.25) is 0 Å². The van der Waals surface area contributed by atoms with E-state index in [-0.39, 0.29) is 75.2 Å². The standard InChI is InChI=1S/C32H32FN7O7.C13H14F4N2O2/c33-23-13-25(36-17-41)20-5-4-18(12-22(20)23)19-14-37-39(15-19)16-28(43)35-9-11-47-10-8-34-24-3-1-2-21-29(24)32(46)40(31(21)45)26-6-7-27(42)38-30(26)44;1-18(9-20)7-12(21)19(8-13(15,16)17)6-10-2-4-11(14)5-3-10/h1-5,12,14-15,17,23,25-26,34H,6-11,13,16H2,(H,35,43)(H,36,41)(H,38,42,44);2-5,9H,6-8H2,1H3/t23-,25+,26?;/m1./s1. The van der Waals surface area contributed by atoms with Crippen LogP contribution in [0.25, 0.3) is 11.1 Å². The first-order valence-electron chi connectivity index (χ1n) is 21.1. The van der Waals surface area contributed by atoms with Crippen molar-refractivity contribution < 1.29 is 65.0 Å². The number of rotatable bonds is 19. The third-order valence-electron chi connectivity index (χ3n) is 11.0. The van der Waals surface area contributed by atoms with Gasteiger partial charge in [0.1, 0.15) is 31.1 Å². The maximum absolute atomic E-state index is 14.5. The Morgan fingerprint density at radius 1 is 0.971 bits per heavy atom. The number of hydrogen-bond acceptors (Lipinski definition) is 11. The second kappa shape index (κ2) is 22.3. The summed E-state index contributed by atoms with van der Waals surface area (Å²) in [6.45, 7) is -1.20. The summed E-state index contributed by atoms with van der Waals surface area (Å²) in [7, 11) is 1.29. The van der Waals surface area contributed by atoms with Gasteiger partial charge in [0, 0.05) is 57.0 Å². The molecule has 4 aromatic rings. The maximum atomic E-state index is 14.5. The van der Waals surface area contributed by atoms with Gasteiger partial charge >= 0.3 is 6.18 Å². The molecule has 8 amide bonds. The van der Waals surface area contributed by atoms with Crippen LogP contribution in [0.5, 0.6) is 0 Å². The molecule has 1 unspecified atom stereocenters. The van der Waals surface area contributed by atoms with Gasteiger partial charge < -0.3 is 30.5 Å². The van der Waals surface area contributed by atoms with Crippen molar-refractivity contribution in [2.24, 2.45) is 0 Å². The number of aromatic nitrogens is 2. The molecule has 7 rings (SSSR count). The zero-order chi connectivity index (χ0) is 49.1. The van der Waals surface area contributed by atoms with Gasteiger partial charge in [-0.15, -0.1) is 0 Å². The van der Waals surface area contributed by atoms with E-state index >= 15 is 0 Å². The van der Waals surface area contributed by atoms with Crippen LogP contribution >= 0.6 is 0 Å². The monoisotopic (exact) mass is 951 g/mol. The van der Waals surface area contributed by atoms with Crippen molar-refractivity contribution in [1.82, 2.24) is 40.4 Å². The van der Waals surface area contributed by atoms with Crippen molar-refractivity contribution in [3.8, 4) is 11.1 Å². The van der Waals surface area contributed by atoms with E-state index in [0.717, 1.165) is 38.6 Å². The van der Waals surface area contributed by atoms with Gasteiger partial charge in [0.15, 0.2) is 0 Å². The van der Waals surface area contributed by atoms with E-state index in [0.29, 0.717) is 41.1 Å². The molecule has 1 saturated heterocycles. The molecule has 1 fully saturated rings. The molecule has 3 aromatic carbocycles. The minimum absolute atomic E-state index is 0.0226. The second-order valence-electron chi connectivity index (χ2n) is 15.9. The number of ether oxygens (including phenoxy) is 1. The van der Waals surface area contributed by atoms with Crippen LogP contribution in [0.15, 0.2) is 73.1 Å². The number of amides is 8. The summed E-state index contributed by atoms with van der Waals surface area (Å²) in [6.07, 6.45) is -1.19. The SMILES string of the molecule is CN(C=O)CC(=O)N(Cc1ccc(F)cc1)CC(F)(F)F.O=CN[C@H]1C[C@@H](F)c2cc(-c3cnn(CC(=O)NCCOCCNc4cccc5c4C(=O)N(C4CCC(=O)NC4=O)C5=O)c3)ccc21. The molecule has 3 atom stereocenters. The molecule has 18 nitrogen and oxygen atoms in total. The number of likely N-dealkylation sites (N-methyl/N-ethyl adjacent to an activating group) is 1. The number of benzene rings is 3. The first-order valence-corrected chi connectivity index (χ1v) is 21.1. The number of anilines is 1. The molecular weight excluding hydrogens is 906 g/mol. The normalized spacial score (nSPS) is 17.3. The number of nitrogens with zero attached hydrogens (tertiary/aromatic N) is 5. The third-order valence-corrected chi connectivity index (χ3v) is 11.0. The molecule has 1 aromatic heterocycles. The average molecular weight is 952 g/mol.